The summed E-state index contributed by atoms with van der Waals surface area (Å²) in [5.41, 5.74) is 7.90. The Bertz CT molecular complexity index is 938. The zero-order chi connectivity index (χ0) is 20.3. The van der Waals surface area contributed by atoms with Crippen molar-refractivity contribution in [1.29, 1.82) is 0 Å². The summed E-state index contributed by atoms with van der Waals surface area (Å²) in [6, 6.07) is 6.59. The molecule has 0 aliphatic heterocycles. The van der Waals surface area contributed by atoms with Gasteiger partial charge in [0.2, 0.25) is 5.91 Å². The molecule has 0 aliphatic carbocycles. The number of nitrogens with one attached hydrogen (secondary N) is 1. The number of rotatable bonds is 5. The first-order valence-electron chi connectivity index (χ1n) is 8.36. The van der Waals surface area contributed by atoms with Crippen LogP contribution < -0.4 is 11.1 Å². The van der Waals surface area contributed by atoms with Crippen LogP contribution in [-0.2, 0) is 4.74 Å². The maximum atomic E-state index is 12.9. The second-order valence-corrected chi connectivity index (χ2v) is 6.55. The van der Waals surface area contributed by atoms with Crippen LogP contribution in [0.5, 0.6) is 0 Å². The number of anilines is 1. The Hall–Kier alpha value is -2.86. The van der Waals surface area contributed by atoms with Gasteiger partial charge in [0, 0.05) is 0 Å². The van der Waals surface area contributed by atoms with Gasteiger partial charge < -0.3 is 15.8 Å². The molecule has 2 amide bonds. The van der Waals surface area contributed by atoms with Gasteiger partial charge >= 0.3 is 5.97 Å². The fourth-order valence-corrected chi connectivity index (χ4v) is 3.18. The van der Waals surface area contributed by atoms with E-state index in [4.69, 9.17) is 22.1 Å². The first-order chi connectivity index (χ1) is 12.7. The molecule has 0 unspecified atom stereocenters. The summed E-state index contributed by atoms with van der Waals surface area (Å²) in [6.07, 6.45) is 0. The normalized spacial score (nSPS) is 10.4. The second kappa shape index (κ2) is 8.22. The summed E-state index contributed by atoms with van der Waals surface area (Å²) in [5, 5.41) is 3.04. The standard InChI is InChI=1S/C20H21ClN2O4/c1-5-27-20(26)16-11(3)9-13(18(22)24)17(12(16)4)19(25)23-15-7-6-10(2)8-14(15)21/h6-9H,5H2,1-4H3,(H2,22,24)(H,23,25). The number of hydrogen-bond donors (Lipinski definition) is 2. The number of primary amides is 1. The molecule has 0 fully saturated rings. The molecule has 27 heavy (non-hydrogen) atoms. The van der Waals surface area contributed by atoms with Crippen LogP contribution in [-0.4, -0.2) is 24.4 Å². The number of halogens is 1. The highest BCUT2D eigenvalue weighted by Crippen LogP contribution is 2.27. The highest BCUT2D eigenvalue weighted by molar-refractivity contribution is 6.34. The predicted molar refractivity (Wildman–Crippen MR) is 105 cm³/mol. The first-order valence-corrected chi connectivity index (χ1v) is 8.73. The molecule has 0 heterocycles. The quantitative estimate of drug-likeness (QED) is 0.761. The van der Waals surface area contributed by atoms with Crippen molar-refractivity contribution in [2.24, 2.45) is 5.73 Å². The van der Waals surface area contributed by atoms with E-state index in [1.54, 1.807) is 39.0 Å². The average molecular weight is 389 g/mol. The minimum absolute atomic E-state index is 0.0211. The van der Waals surface area contributed by atoms with E-state index >= 15 is 0 Å². The van der Waals surface area contributed by atoms with Gasteiger partial charge in [-0.3, -0.25) is 9.59 Å². The summed E-state index contributed by atoms with van der Waals surface area (Å²) in [6.45, 7) is 6.99. The second-order valence-electron chi connectivity index (χ2n) is 6.14. The fourth-order valence-electron chi connectivity index (χ4n) is 2.89. The highest BCUT2D eigenvalue weighted by atomic mass is 35.5. The van der Waals surface area contributed by atoms with Gasteiger partial charge in [0.15, 0.2) is 0 Å². The van der Waals surface area contributed by atoms with Crippen molar-refractivity contribution in [1.82, 2.24) is 0 Å². The third kappa shape index (κ3) is 4.28. The van der Waals surface area contributed by atoms with Gasteiger partial charge in [0.1, 0.15) is 0 Å². The Morgan fingerprint density at radius 1 is 1.11 bits per heavy atom. The van der Waals surface area contributed by atoms with Crippen molar-refractivity contribution in [2.75, 3.05) is 11.9 Å². The molecule has 0 spiro atoms. The average Bonchev–Trinajstić information content (AvgIpc) is 2.56. The smallest absolute Gasteiger partial charge is 0.338 e. The van der Waals surface area contributed by atoms with E-state index in [1.165, 1.54) is 6.07 Å². The lowest BCUT2D eigenvalue weighted by molar-refractivity contribution is 0.0524. The van der Waals surface area contributed by atoms with Crippen LogP contribution in [0, 0.1) is 20.8 Å². The SMILES string of the molecule is CCOC(=O)c1c(C)cc(C(N)=O)c(C(=O)Nc2ccc(C)cc2Cl)c1C. The molecule has 0 aliphatic rings. The van der Waals surface area contributed by atoms with Crippen LogP contribution >= 0.6 is 11.6 Å². The van der Waals surface area contributed by atoms with E-state index in [-0.39, 0.29) is 23.3 Å². The first kappa shape index (κ1) is 20.5. The van der Waals surface area contributed by atoms with Crippen molar-refractivity contribution < 1.29 is 19.1 Å². The van der Waals surface area contributed by atoms with Crippen LogP contribution in [0.3, 0.4) is 0 Å². The lowest BCUT2D eigenvalue weighted by Gasteiger charge is -2.17. The molecule has 0 radical (unpaired) electrons. The minimum Gasteiger partial charge on any atom is -0.462 e. The molecule has 6 nitrogen and oxygen atoms in total. The zero-order valence-electron chi connectivity index (χ0n) is 15.6. The number of benzene rings is 2. The molecule has 2 aromatic carbocycles. The van der Waals surface area contributed by atoms with Gasteiger partial charge in [-0.05, 0) is 62.6 Å². The van der Waals surface area contributed by atoms with E-state index in [0.717, 1.165) is 5.56 Å². The largest absolute Gasteiger partial charge is 0.462 e. The van der Waals surface area contributed by atoms with Gasteiger partial charge in [0.25, 0.3) is 5.91 Å². The fraction of sp³-hybridized carbons (Fsp3) is 0.250. The van der Waals surface area contributed by atoms with E-state index < -0.39 is 17.8 Å². The maximum absolute atomic E-state index is 12.9. The number of nitrogens with two attached hydrogens (primary N) is 1. The number of aryl methyl sites for hydroxylation is 2. The van der Waals surface area contributed by atoms with Crippen LogP contribution in [0.2, 0.25) is 5.02 Å². The van der Waals surface area contributed by atoms with Crippen LogP contribution in [0.15, 0.2) is 24.3 Å². The summed E-state index contributed by atoms with van der Waals surface area (Å²) < 4.78 is 5.07. The van der Waals surface area contributed by atoms with E-state index in [9.17, 15) is 14.4 Å². The summed E-state index contributed by atoms with van der Waals surface area (Å²) in [4.78, 5) is 37.1. The van der Waals surface area contributed by atoms with Crippen molar-refractivity contribution in [2.45, 2.75) is 27.7 Å². The molecule has 0 bridgehead atoms. The van der Waals surface area contributed by atoms with E-state index in [1.807, 2.05) is 6.92 Å². The molecular weight excluding hydrogens is 368 g/mol. The van der Waals surface area contributed by atoms with Crippen molar-refractivity contribution in [3.05, 3.63) is 62.7 Å². The lowest BCUT2D eigenvalue weighted by atomic mass is 9.91. The van der Waals surface area contributed by atoms with Crippen molar-refractivity contribution in [3.63, 3.8) is 0 Å². The Morgan fingerprint density at radius 2 is 1.78 bits per heavy atom. The van der Waals surface area contributed by atoms with E-state index in [0.29, 0.717) is 21.8 Å². The van der Waals surface area contributed by atoms with Gasteiger partial charge in [0.05, 0.1) is 34.0 Å². The molecule has 0 atom stereocenters. The number of carbonyl (C=O) groups is 3. The molecule has 0 saturated heterocycles. The topological polar surface area (TPSA) is 98.5 Å². The number of ether oxygens (including phenoxy) is 1. The third-order valence-corrected chi connectivity index (χ3v) is 4.43. The Balaban J connectivity index is 2.58. The van der Waals surface area contributed by atoms with Crippen LogP contribution in [0.1, 0.15) is 54.7 Å². The number of amides is 2. The number of hydrogen-bond acceptors (Lipinski definition) is 4. The number of esters is 1. The molecular formula is C20H21ClN2O4. The molecule has 2 rings (SSSR count). The Morgan fingerprint density at radius 3 is 2.33 bits per heavy atom. The van der Waals surface area contributed by atoms with Crippen LogP contribution in [0.25, 0.3) is 0 Å². The highest BCUT2D eigenvalue weighted by Gasteiger charge is 2.25. The monoisotopic (exact) mass is 388 g/mol. The van der Waals surface area contributed by atoms with Crippen LogP contribution in [0.4, 0.5) is 5.69 Å². The summed E-state index contributed by atoms with van der Waals surface area (Å²) in [7, 11) is 0. The van der Waals surface area contributed by atoms with Gasteiger partial charge in [-0.1, -0.05) is 17.7 Å². The minimum atomic E-state index is -0.767. The third-order valence-electron chi connectivity index (χ3n) is 4.12. The molecule has 2 aromatic rings. The predicted octanol–water partition coefficient (Wildman–Crippen LogP) is 3.79. The summed E-state index contributed by atoms with van der Waals surface area (Å²) in [5.74, 6) is -1.92. The zero-order valence-corrected chi connectivity index (χ0v) is 16.4. The Kier molecular flexibility index (Phi) is 6.23. The molecule has 3 N–H and O–H groups in total. The van der Waals surface area contributed by atoms with Gasteiger partial charge in [-0.15, -0.1) is 0 Å². The number of carbonyl (C=O) groups excluding carboxylic acids is 3. The summed E-state index contributed by atoms with van der Waals surface area (Å²) >= 11 is 6.17. The van der Waals surface area contributed by atoms with Crippen molar-refractivity contribution in [3.8, 4) is 0 Å². The Labute approximate surface area is 162 Å². The molecule has 142 valence electrons. The molecule has 0 aromatic heterocycles. The lowest BCUT2D eigenvalue weighted by Crippen LogP contribution is -2.24. The maximum Gasteiger partial charge on any atom is 0.338 e. The van der Waals surface area contributed by atoms with E-state index in [2.05, 4.69) is 5.32 Å². The molecule has 0 saturated carbocycles. The molecule has 7 heteroatoms. The van der Waals surface area contributed by atoms with Crippen molar-refractivity contribution >= 4 is 35.1 Å². The van der Waals surface area contributed by atoms with Gasteiger partial charge in [-0.2, -0.15) is 0 Å². The van der Waals surface area contributed by atoms with Gasteiger partial charge in [-0.25, -0.2) is 4.79 Å².